The van der Waals surface area contributed by atoms with Gasteiger partial charge in [0, 0.05) is 12.1 Å². The summed E-state index contributed by atoms with van der Waals surface area (Å²) in [7, 11) is -3.13. The molecule has 8 nitrogen and oxygen atoms in total. The number of hydrogen-bond acceptors (Lipinski definition) is 7. The second kappa shape index (κ2) is 8.38. The number of nitrogens with zero attached hydrogens (tertiary/aromatic N) is 1. The van der Waals surface area contributed by atoms with E-state index < -0.39 is 34.4 Å². The first-order chi connectivity index (χ1) is 13.3. The molecule has 154 valence electrons. The molecule has 2 heterocycles. The third kappa shape index (κ3) is 4.57. The first kappa shape index (κ1) is 20.4. The Morgan fingerprint density at radius 2 is 2.00 bits per heavy atom. The molecule has 0 saturated carbocycles. The number of benzene rings is 1. The molecule has 1 saturated heterocycles. The third-order valence-electron chi connectivity index (χ3n) is 5.06. The van der Waals surface area contributed by atoms with E-state index in [1.807, 2.05) is 13.8 Å². The highest BCUT2D eigenvalue weighted by Gasteiger charge is 2.37. The summed E-state index contributed by atoms with van der Waals surface area (Å²) in [6.45, 7) is 3.33. The zero-order valence-corrected chi connectivity index (χ0v) is 16.8. The van der Waals surface area contributed by atoms with Crippen molar-refractivity contribution in [3.63, 3.8) is 0 Å². The summed E-state index contributed by atoms with van der Waals surface area (Å²) in [5.41, 5.74) is 0. The normalized spacial score (nSPS) is 23.6. The Kier molecular flexibility index (Phi) is 6.12. The number of hydrogen-bond donors (Lipinski definition) is 0. The molecule has 0 bridgehead atoms. The maximum atomic E-state index is 12.7. The van der Waals surface area contributed by atoms with E-state index in [9.17, 15) is 18.0 Å². The Morgan fingerprint density at radius 3 is 2.64 bits per heavy atom. The van der Waals surface area contributed by atoms with Crippen LogP contribution in [0.3, 0.4) is 0 Å². The van der Waals surface area contributed by atoms with Crippen LogP contribution < -0.4 is 9.47 Å². The molecule has 0 unspecified atom stereocenters. The van der Waals surface area contributed by atoms with Crippen molar-refractivity contribution in [1.29, 1.82) is 0 Å². The number of rotatable bonds is 6. The van der Waals surface area contributed by atoms with Crippen molar-refractivity contribution in [2.75, 3.05) is 24.7 Å². The van der Waals surface area contributed by atoms with Crippen molar-refractivity contribution in [3.05, 3.63) is 24.3 Å². The SMILES string of the molecule is CC[C@@H](C)N(C(=O)COC(=O)[C@@H]1COc2ccccc2O1)[C@H]1CCS(=O)(=O)C1. The Labute approximate surface area is 164 Å². The lowest BCUT2D eigenvalue weighted by molar-refractivity contribution is -0.161. The lowest BCUT2D eigenvalue weighted by atomic mass is 10.1. The second-order valence-electron chi connectivity index (χ2n) is 7.09. The Hall–Kier alpha value is -2.29. The summed E-state index contributed by atoms with van der Waals surface area (Å²) in [6.07, 6.45) is 0.126. The minimum Gasteiger partial charge on any atom is -0.485 e. The molecule has 1 aromatic rings. The lowest BCUT2D eigenvalue weighted by Crippen LogP contribution is -2.49. The molecule has 1 fully saturated rings. The lowest BCUT2D eigenvalue weighted by Gasteiger charge is -2.33. The monoisotopic (exact) mass is 411 g/mol. The summed E-state index contributed by atoms with van der Waals surface area (Å²) in [5, 5.41) is 0. The molecule has 1 amide bonds. The maximum absolute atomic E-state index is 12.7. The van der Waals surface area contributed by atoms with E-state index >= 15 is 0 Å². The van der Waals surface area contributed by atoms with E-state index in [1.54, 1.807) is 29.2 Å². The van der Waals surface area contributed by atoms with Crippen LogP contribution in [0.1, 0.15) is 26.7 Å². The van der Waals surface area contributed by atoms with Gasteiger partial charge in [-0.3, -0.25) is 4.79 Å². The van der Waals surface area contributed by atoms with E-state index in [1.165, 1.54) is 0 Å². The van der Waals surface area contributed by atoms with Crippen LogP contribution in [0.5, 0.6) is 11.5 Å². The van der Waals surface area contributed by atoms with Gasteiger partial charge in [-0.15, -0.1) is 0 Å². The second-order valence-corrected chi connectivity index (χ2v) is 9.32. The highest BCUT2D eigenvalue weighted by Crippen LogP contribution is 2.31. The number of fused-ring (bicyclic) bond motifs is 1. The molecule has 3 atom stereocenters. The number of sulfone groups is 1. The van der Waals surface area contributed by atoms with Crippen molar-refractivity contribution in [3.8, 4) is 11.5 Å². The highest BCUT2D eigenvalue weighted by atomic mass is 32.2. The van der Waals surface area contributed by atoms with Crippen molar-refractivity contribution < 1.29 is 32.2 Å². The maximum Gasteiger partial charge on any atom is 0.351 e. The molecular formula is C19H25NO7S. The van der Waals surface area contributed by atoms with Gasteiger partial charge < -0.3 is 19.1 Å². The number of esters is 1. The van der Waals surface area contributed by atoms with Crippen LogP contribution in [0.15, 0.2) is 24.3 Å². The fraction of sp³-hybridized carbons (Fsp3) is 0.579. The van der Waals surface area contributed by atoms with Crippen LogP contribution in [0.2, 0.25) is 0 Å². The summed E-state index contributed by atoms with van der Waals surface area (Å²) in [6, 6.07) is 6.45. The summed E-state index contributed by atoms with van der Waals surface area (Å²) in [5.74, 6) is -0.0714. The number of carbonyl (C=O) groups excluding carboxylic acids is 2. The number of para-hydroxylation sites is 2. The van der Waals surface area contributed by atoms with Crippen LogP contribution in [-0.2, 0) is 24.2 Å². The van der Waals surface area contributed by atoms with Gasteiger partial charge in [0.25, 0.3) is 5.91 Å². The Morgan fingerprint density at radius 1 is 1.29 bits per heavy atom. The molecule has 2 aliphatic rings. The summed E-state index contributed by atoms with van der Waals surface area (Å²) in [4.78, 5) is 26.6. The Bertz CT molecular complexity index is 838. The van der Waals surface area contributed by atoms with Crippen molar-refractivity contribution in [1.82, 2.24) is 4.90 Å². The average molecular weight is 411 g/mol. The number of carbonyl (C=O) groups is 2. The molecule has 0 aromatic heterocycles. The van der Waals surface area contributed by atoms with Gasteiger partial charge in [-0.1, -0.05) is 19.1 Å². The van der Waals surface area contributed by atoms with Gasteiger partial charge in [0.1, 0.15) is 6.61 Å². The van der Waals surface area contributed by atoms with E-state index in [2.05, 4.69) is 0 Å². The van der Waals surface area contributed by atoms with Crippen molar-refractivity contribution in [2.24, 2.45) is 0 Å². The first-order valence-electron chi connectivity index (χ1n) is 9.37. The van der Waals surface area contributed by atoms with Crippen LogP contribution >= 0.6 is 0 Å². The van der Waals surface area contributed by atoms with Crippen LogP contribution in [0, 0.1) is 0 Å². The van der Waals surface area contributed by atoms with E-state index in [4.69, 9.17) is 14.2 Å². The predicted octanol–water partition coefficient (Wildman–Crippen LogP) is 1.18. The summed E-state index contributed by atoms with van der Waals surface area (Å²) < 4.78 is 39.8. The largest absolute Gasteiger partial charge is 0.485 e. The highest BCUT2D eigenvalue weighted by molar-refractivity contribution is 7.91. The number of amides is 1. The Balaban J connectivity index is 1.59. The molecule has 1 aromatic carbocycles. The molecular weight excluding hydrogens is 386 g/mol. The first-order valence-corrected chi connectivity index (χ1v) is 11.2. The quantitative estimate of drug-likeness (QED) is 0.648. The molecule has 9 heteroatoms. The van der Waals surface area contributed by atoms with Gasteiger partial charge in [0.2, 0.25) is 6.10 Å². The van der Waals surface area contributed by atoms with Gasteiger partial charge in [0.05, 0.1) is 11.5 Å². The third-order valence-corrected chi connectivity index (χ3v) is 6.82. The smallest absolute Gasteiger partial charge is 0.351 e. The summed E-state index contributed by atoms with van der Waals surface area (Å²) >= 11 is 0. The van der Waals surface area contributed by atoms with Crippen molar-refractivity contribution >= 4 is 21.7 Å². The predicted molar refractivity (Wildman–Crippen MR) is 101 cm³/mol. The molecule has 2 aliphatic heterocycles. The molecule has 28 heavy (non-hydrogen) atoms. The van der Waals surface area contributed by atoms with Gasteiger partial charge in [0.15, 0.2) is 27.9 Å². The van der Waals surface area contributed by atoms with E-state index in [0.717, 1.165) is 0 Å². The van der Waals surface area contributed by atoms with Crippen LogP contribution in [0.4, 0.5) is 0 Å². The zero-order valence-electron chi connectivity index (χ0n) is 16.0. The number of ether oxygens (including phenoxy) is 3. The van der Waals surface area contributed by atoms with Crippen LogP contribution in [-0.4, -0.2) is 68.1 Å². The van der Waals surface area contributed by atoms with Crippen LogP contribution in [0.25, 0.3) is 0 Å². The molecule has 0 N–H and O–H groups in total. The van der Waals surface area contributed by atoms with Gasteiger partial charge >= 0.3 is 5.97 Å². The van der Waals surface area contributed by atoms with E-state index in [0.29, 0.717) is 24.3 Å². The molecule has 0 radical (unpaired) electrons. The van der Waals surface area contributed by atoms with Gasteiger partial charge in [-0.25, -0.2) is 13.2 Å². The van der Waals surface area contributed by atoms with E-state index in [-0.39, 0.29) is 30.2 Å². The fourth-order valence-corrected chi connectivity index (χ4v) is 5.15. The van der Waals surface area contributed by atoms with Crippen molar-refractivity contribution in [2.45, 2.75) is 44.9 Å². The average Bonchev–Trinajstić information content (AvgIpc) is 3.04. The van der Waals surface area contributed by atoms with Gasteiger partial charge in [-0.05, 0) is 31.9 Å². The van der Waals surface area contributed by atoms with Gasteiger partial charge in [-0.2, -0.15) is 0 Å². The minimum atomic E-state index is -3.13. The molecule has 0 aliphatic carbocycles. The standard InChI is InChI=1S/C19H25NO7S/c1-3-13(2)20(14-8-9-28(23,24)12-14)18(21)11-26-19(22)17-10-25-15-6-4-5-7-16(15)27-17/h4-7,13-14,17H,3,8-12H2,1-2H3/t13-,14+,17+/m1/s1. The minimum absolute atomic E-state index is 0.0000170. The topological polar surface area (TPSA) is 99.2 Å². The molecule has 0 spiro atoms. The zero-order chi connectivity index (χ0) is 20.3. The molecule has 3 rings (SSSR count). The fourth-order valence-electron chi connectivity index (χ4n) is 3.44.